The van der Waals surface area contributed by atoms with Crippen molar-refractivity contribution in [3.05, 3.63) is 76.8 Å². The zero-order valence-electron chi connectivity index (χ0n) is 18.7. The summed E-state index contributed by atoms with van der Waals surface area (Å²) in [6.07, 6.45) is 7.04. The number of nitrogens with zero attached hydrogens (tertiary/aromatic N) is 7. The van der Waals surface area contributed by atoms with Gasteiger partial charge in [0.15, 0.2) is 0 Å². The van der Waals surface area contributed by atoms with E-state index in [-0.39, 0.29) is 12.1 Å². The van der Waals surface area contributed by atoms with Gasteiger partial charge in [-0.3, -0.25) is 4.90 Å². The van der Waals surface area contributed by atoms with E-state index in [1.807, 2.05) is 13.8 Å². The summed E-state index contributed by atoms with van der Waals surface area (Å²) in [6, 6.07) is 2.74. The molecule has 4 aromatic rings. The molecule has 0 spiro atoms. The van der Waals surface area contributed by atoms with E-state index in [9.17, 15) is 13.9 Å². The highest BCUT2D eigenvalue weighted by Crippen LogP contribution is 2.37. The number of aryl methyl sites for hydroxylation is 1. The Hall–Kier alpha value is -3.15. The molecule has 8 nitrogen and oxygen atoms in total. The minimum absolute atomic E-state index is 0.0181. The van der Waals surface area contributed by atoms with Crippen LogP contribution < -0.4 is 0 Å². The Morgan fingerprint density at radius 1 is 1.24 bits per heavy atom. The van der Waals surface area contributed by atoms with Crippen LogP contribution in [0.5, 0.6) is 0 Å². The number of aromatic nitrogens is 6. The molecule has 1 aliphatic heterocycles. The van der Waals surface area contributed by atoms with Gasteiger partial charge in [0.05, 0.1) is 12.2 Å². The number of benzene rings is 1. The Kier molecular flexibility index (Phi) is 5.92. The van der Waals surface area contributed by atoms with Crippen molar-refractivity contribution >= 4 is 11.3 Å². The average Bonchev–Trinajstić information content (AvgIpc) is 3.48. The maximum absolute atomic E-state index is 14.9. The Balaban J connectivity index is 1.45. The van der Waals surface area contributed by atoms with E-state index in [0.29, 0.717) is 25.3 Å². The largest absolute Gasteiger partial charge is 0.381 e. The van der Waals surface area contributed by atoms with Crippen LogP contribution in [0.25, 0.3) is 10.6 Å². The monoisotopic (exact) mass is 483 g/mol. The molecular weight excluding hydrogens is 460 g/mol. The molecule has 1 aliphatic rings. The second-order valence-corrected chi connectivity index (χ2v) is 9.53. The minimum atomic E-state index is -1.68. The summed E-state index contributed by atoms with van der Waals surface area (Å²) in [4.78, 5) is 20.4. The molecule has 2 atom stereocenters. The summed E-state index contributed by atoms with van der Waals surface area (Å²) in [5.41, 5.74) is 0.211. The van der Waals surface area contributed by atoms with Crippen LogP contribution in [0.3, 0.4) is 0 Å². The van der Waals surface area contributed by atoms with E-state index in [0.717, 1.165) is 33.3 Å². The van der Waals surface area contributed by atoms with E-state index in [4.69, 9.17) is 4.98 Å². The predicted octanol–water partition coefficient (Wildman–Crippen LogP) is 3.11. The van der Waals surface area contributed by atoms with Crippen LogP contribution in [-0.2, 0) is 25.1 Å². The fourth-order valence-electron chi connectivity index (χ4n) is 4.32. The van der Waals surface area contributed by atoms with Gasteiger partial charge in [0.2, 0.25) is 0 Å². The number of hydrogen-bond donors (Lipinski definition) is 1. The Morgan fingerprint density at radius 3 is 2.74 bits per heavy atom. The van der Waals surface area contributed by atoms with Gasteiger partial charge < -0.3 is 5.11 Å². The minimum Gasteiger partial charge on any atom is -0.381 e. The first-order chi connectivity index (χ1) is 16.3. The fraction of sp³-hybridized carbons (Fsp3) is 0.348. The highest BCUT2D eigenvalue weighted by atomic mass is 32.1. The molecule has 0 saturated heterocycles. The van der Waals surface area contributed by atoms with Crippen molar-refractivity contribution < 1.29 is 13.9 Å². The Labute approximate surface area is 199 Å². The van der Waals surface area contributed by atoms with E-state index in [1.165, 1.54) is 23.4 Å². The lowest BCUT2D eigenvalue weighted by Crippen LogP contribution is -2.53. The van der Waals surface area contributed by atoms with Crippen molar-refractivity contribution in [2.75, 3.05) is 6.54 Å². The summed E-state index contributed by atoms with van der Waals surface area (Å²) in [6.45, 7) is 4.82. The van der Waals surface area contributed by atoms with E-state index >= 15 is 0 Å². The standard InChI is InChI=1S/C23H23F2N7OS/c1-14(23(33,11-32-13-26-12-29-32)18-4-3-17(24)7-19(18)25)31-6-5-20-21(10-31)34-22(30-20)16-8-27-15(2)28-9-16/h3-4,7-9,12-14,33H,5-6,10-11H2,1-2H3/t14-,23-/m1/s1. The van der Waals surface area contributed by atoms with E-state index in [2.05, 4.69) is 25.0 Å². The molecule has 34 heavy (non-hydrogen) atoms. The molecule has 0 saturated carbocycles. The van der Waals surface area contributed by atoms with Gasteiger partial charge in [-0.1, -0.05) is 6.07 Å². The van der Waals surface area contributed by atoms with Crippen LogP contribution in [0.15, 0.2) is 43.2 Å². The van der Waals surface area contributed by atoms with Crippen LogP contribution >= 0.6 is 11.3 Å². The molecule has 0 radical (unpaired) electrons. The lowest BCUT2D eigenvalue weighted by molar-refractivity contribution is -0.0675. The SMILES string of the molecule is Cc1ncc(-c2nc3c(s2)CN([C@H](C)[C@](O)(Cn2cncn2)c2ccc(F)cc2F)CC3)cn1. The van der Waals surface area contributed by atoms with E-state index < -0.39 is 23.3 Å². The number of halogens is 2. The zero-order chi connectivity index (χ0) is 23.9. The Morgan fingerprint density at radius 2 is 2.03 bits per heavy atom. The molecule has 0 amide bonds. The van der Waals surface area contributed by atoms with Crippen molar-refractivity contribution in [2.45, 2.75) is 45.0 Å². The van der Waals surface area contributed by atoms with Gasteiger partial charge in [-0.05, 0) is 19.9 Å². The summed E-state index contributed by atoms with van der Waals surface area (Å²) in [7, 11) is 0. The van der Waals surface area contributed by atoms with Gasteiger partial charge in [-0.2, -0.15) is 5.10 Å². The molecule has 0 bridgehead atoms. The van der Waals surface area contributed by atoms with Gasteiger partial charge in [0, 0.05) is 60.0 Å². The number of aliphatic hydroxyl groups is 1. The summed E-state index contributed by atoms with van der Waals surface area (Å²) < 4.78 is 30.0. The lowest BCUT2D eigenvalue weighted by atomic mass is 9.85. The van der Waals surface area contributed by atoms with Crippen LogP contribution in [0.2, 0.25) is 0 Å². The number of fused-ring (bicyclic) bond motifs is 1. The molecule has 0 aliphatic carbocycles. The first kappa shape index (κ1) is 22.6. The molecule has 1 aromatic carbocycles. The van der Waals surface area contributed by atoms with Crippen molar-refractivity contribution in [1.82, 2.24) is 34.6 Å². The van der Waals surface area contributed by atoms with Crippen molar-refractivity contribution in [1.29, 1.82) is 0 Å². The molecule has 0 unspecified atom stereocenters. The third-order valence-corrected chi connectivity index (χ3v) is 7.43. The normalized spacial score (nSPS) is 16.7. The van der Waals surface area contributed by atoms with Gasteiger partial charge in [-0.15, -0.1) is 11.3 Å². The highest BCUT2D eigenvalue weighted by molar-refractivity contribution is 7.15. The van der Waals surface area contributed by atoms with Gasteiger partial charge in [-0.25, -0.2) is 33.4 Å². The maximum atomic E-state index is 14.9. The average molecular weight is 484 g/mol. The predicted molar refractivity (Wildman–Crippen MR) is 122 cm³/mol. The molecule has 3 aromatic heterocycles. The molecule has 176 valence electrons. The van der Waals surface area contributed by atoms with Crippen LogP contribution in [-0.4, -0.2) is 52.3 Å². The highest BCUT2D eigenvalue weighted by Gasteiger charge is 2.43. The molecule has 4 heterocycles. The zero-order valence-corrected chi connectivity index (χ0v) is 19.5. The second-order valence-electron chi connectivity index (χ2n) is 8.45. The molecule has 0 fully saturated rings. The van der Waals surface area contributed by atoms with Crippen molar-refractivity contribution in [3.8, 4) is 10.6 Å². The molecule has 1 N–H and O–H groups in total. The third-order valence-electron chi connectivity index (χ3n) is 6.29. The molecule has 11 heteroatoms. The third kappa shape index (κ3) is 4.22. The van der Waals surface area contributed by atoms with Crippen molar-refractivity contribution in [3.63, 3.8) is 0 Å². The fourth-order valence-corrected chi connectivity index (χ4v) is 5.43. The smallest absolute Gasteiger partial charge is 0.137 e. The molecule has 5 rings (SSSR count). The lowest BCUT2D eigenvalue weighted by Gasteiger charge is -2.42. The quantitative estimate of drug-likeness (QED) is 0.450. The first-order valence-corrected chi connectivity index (χ1v) is 11.7. The van der Waals surface area contributed by atoms with Crippen LogP contribution in [0, 0.1) is 18.6 Å². The topological polar surface area (TPSA) is 92.8 Å². The Bertz CT molecular complexity index is 1300. The number of thiazole rings is 1. The number of hydrogen-bond acceptors (Lipinski definition) is 8. The van der Waals surface area contributed by atoms with Gasteiger partial charge in [0.25, 0.3) is 0 Å². The maximum Gasteiger partial charge on any atom is 0.137 e. The van der Waals surface area contributed by atoms with Crippen LogP contribution in [0.4, 0.5) is 8.78 Å². The van der Waals surface area contributed by atoms with Gasteiger partial charge >= 0.3 is 0 Å². The first-order valence-electron chi connectivity index (χ1n) is 10.9. The summed E-state index contributed by atoms with van der Waals surface area (Å²) in [5, 5.41) is 16.8. The van der Waals surface area contributed by atoms with Gasteiger partial charge in [0.1, 0.15) is 40.7 Å². The van der Waals surface area contributed by atoms with E-state index in [1.54, 1.807) is 23.7 Å². The molecular formula is C23H23F2N7OS. The van der Waals surface area contributed by atoms with Crippen LogP contribution in [0.1, 0.15) is 28.9 Å². The second kappa shape index (κ2) is 8.90. The number of rotatable bonds is 6. The van der Waals surface area contributed by atoms with Crippen molar-refractivity contribution in [2.24, 2.45) is 0 Å². The summed E-state index contributed by atoms with van der Waals surface area (Å²) >= 11 is 1.57. The summed E-state index contributed by atoms with van der Waals surface area (Å²) in [5.74, 6) is -0.798.